The lowest BCUT2D eigenvalue weighted by Gasteiger charge is -2.10. The van der Waals surface area contributed by atoms with Gasteiger partial charge in [0.2, 0.25) is 0 Å². The van der Waals surface area contributed by atoms with Crippen molar-refractivity contribution in [3.05, 3.63) is 72.7 Å². The third kappa shape index (κ3) is 5.72. The van der Waals surface area contributed by atoms with Crippen LogP contribution in [0.25, 0.3) is 11.3 Å². The van der Waals surface area contributed by atoms with Crippen LogP contribution in [0.1, 0.15) is 25.7 Å². The molecule has 0 aliphatic rings. The lowest BCUT2D eigenvalue weighted by molar-refractivity contribution is -0.151. The van der Waals surface area contributed by atoms with Crippen LogP contribution < -0.4 is 10.9 Å². The van der Waals surface area contributed by atoms with Gasteiger partial charge in [0.15, 0.2) is 0 Å². The number of esters is 2. The maximum atomic E-state index is 13.1. The number of ether oxygens (including phenoxy) is 2. The molecule has 0 aliphatic carbocycles. The van der Waals surface area contributed by atoms with Gasteiger partial charge in [-0.2, -0.15) is 14.2 Å². The summed E-state index contributed by atoms with van der Waals surface area (Å²) in [6.45, 7) is -0.337. The molecule has 0 fully saturated rings. The van der Waals surface area contributed by atoms with Gasteiger partial charge in [-0.1, -0.05) is 11.6 Å². The fourth-order valence-electron chi connectivity index (χ4n) is 3.36. The zero-order valence-corrected chi connectivity index (χ0v) is 22.2. The minimum Gasteiger partial charge on any atom is -0.465 e. The van der Waals surface area contributed by atoms with E-state index in [1.165, 1.54) is 23.5 Å². The summed E-state index contributed by atoms with van der Waals surface area (Å²) in [7, 11) is 2.18. The summed E-state index contributed by atoms with van der Waals surface area (Å²) in [5.74, 6) is -3.23. The number of rotatable bonds is 9. The average Bonchev–Trinajstić information content (AvgIpc) is 3.68. The Hall–Kier alpha value is -4.14. The first kappa shape index (κ1) is 26.9. The van der Waals surface area contributed by atoms with E-state index in [4.69, 9.17) is 16.3 Å². The van der Waals surface area contributed by atoms with E-state index < -0.39 is 35.7 Å². The summed E-state index contributed by atoms with van der Waals surface area (Å²) in [6.07, 6.45) is 1.09. The molecule has 4 aromatic heterocycles. The van der Waals surface area contributed by atoms with Crippen molar-refractivity contribution in [3.63, 3.8) is 0 Å². The number of Topliss-reactive ketones (excluding diaryl/α,β-unsaturated/α-hetero) is 1. The molecule has 0 spiro atoms. The summed E-state index contributed by atoms with van der Waals surface area (Å²) in [5.41, 5.74) is -0.517. The molecule has 1 N–H and O–H groups in total. The molecule has 0 unspecified atom stereocenters. The van der Waals surface area contributed by atoms with Gasteiger partial charge in [0, 0.05) is 34.2 Å². The van der Waals surface area contributed by atoms with Gasteiger partial charge >= 0.3 is 11.9 Å². The molecular formula is C23H18ClN5O7S2. The number of pyridine rings is 1. The van der Waals surface area contributed by atoms with Gasteiger partial charge in [-0.3, -0.25) is 14.4 Å². The first-order chi connectivity index (χ1) is 18.2. The van der Waals surface area contributed by atoms with E-state index in [-0.39, 0.29) is 28.3 Å². The summed E-state index contributed by atoms with van der Waals surface area (Å²) >= 11 is 8.46. The number of aromatic nitrogens is 4. The minimum atomic E-state index is -1.14. The SMILES string of the molecule is COC(=O)C(=O)Cn1cc(C(=O)OC)c(-c2cc(NCc3ccc(Cl)s3)n(C(=O)c3ccsn3)n2)cc1=O. The van der Waals surface area contributed by atoms with Crippen LogP contribution in [0.5, 0.6) is 0 Å². The van der Waals surface area contributed by atoms with Crippen LogP contribution in [0.15, 0.2) is 46.7 Å². The first-order valence-corrected chi connectivity index (χ1v) is 12.7. The van der Waals surface area contributed by atoms with Gasteiger partial charge in [-0.15, -0.1) is 11.3 Å². The van der Waals surface area contributed by atoms with Crippen molar-refractivity contribution in [2.75, 3.05) is 19.5 Å². The molecule has 0 saturated heterocycles. The van der Waals surface area contributed by atoms with Gasteiger partial charge < -0.3 is 19.4 Å². The van der Waals surface area contributed by atoms with Crippen molar-refractivity contribution in [1.82, 2.24) is 18.7 Å². The number of carbonyl (C=O) groups excluding carboxylic acids is 4. The largest absolute Gasteiger partial charge is 0.465 e. The van der Waals surface area contributed by atoms with Crippen LogP contribution >= 0.6 is 34.5 Å². The number of hydrogen-bond donors (Lipinski definition) is 1. The Morgan fingerprint density at radius 1 is 1.11 bits per heavy atom. The summed E-state index contributed by atoms with van der Waals surface area (Å²) in [6, 6.07) is 7.67. The highest BCUT2D eigenvalue weighted by molar-refractivity contribution is 7.16. The Balaban J connectivity index is 1.78. The number of nitrogens with one attached hydrogen (secondary N) is 1. The minimum absolute atomic E-state index is 0.0515. The highest BCUT2D eigenvalue weighted by Gasteiger charge is 2.24. The number of anilines is 1. The maximum Gasteiger partial charge on any atom is 0.376 e. The molecule has 0 saturated carbocycles. The predicted molar refractivity (Wildman–Crippen MR) is 139 cm³/mol. The molecule has 0 atom stereocenters. The zero-order valence-electron chi connectivity index (χ0n) is 19.8. The van der Waals surface area contributed by atoms with Crippen molar-refractivity contribution in [2.45, 2.75) is 13.1 Å². The topological polar surface area (TPSA) is 151 Å². The summed E-state index contributed by atoms with van der Waals surface area (Å²) in [5, 5.41) is 9.12. The third-order valence-electron chi connectivity index (χ3n) is 5.17. The van der Waals surface area contributed by atoms with Crippen molar-refractivity contribution >= 4 is 63.9 Å². The number of ketones is 1. The number of carbonyl (C=O) groups is 4. The molecule has 4 rings (SSSR count). The Labute approximate surface area is 227 Å². The molecule has 0 aliphatic heterocycles. The standard InChI is InChI=1S/C23H18ClN5O7S2/c1-35-22(33)14-10-28(11-17(30)23(34)36-2)20(31)7-13(14)16-8-19(25-9-12-3-4-18(24)38-12)29(26-16)21(32)15-5-6-37-27-15/h3-8,10,25H,9,11H2,1-2H3. The van der Waals surface area contributed by atoms with Crippen LogP contribution in [-0.2, 0) is 32.2 Å². The zero-order chi connectivity index (χ0) is 27.4. The number of nitrogens with zero attached hydrogens (tertiary/aromatic N) is 4. The number of thiophene rings is 1. The predicted octanol–water partition coefficient (Wildman–Crippen LogP) is 2.71. The van der Waals surface area contributed by atoms with Crippen molar-refractivity contribution < 1.29 is 28.7 Å². The second kappa shape index (κ2) is 11.5. The second-order valence-corrected chi connectivity index (χ2v) is 10.0. The van der Waals surface area contributed by atoms with E-state index in [0.717, 1.165) is 52.1 Å². The van der Waals surface area contributed by atoms with Crippen LogP contribution in [0, 0.1) is 0 Å². The van der Waals surface area contributed by atoms with Crippen LogP contribution in [0.3, 0.4) is 0 Å². The van der Waals surface area contributed by atoms with E-state index >= 15 is 0 Å². The van der Waals surface area contributed by atoms with E-state index in [1.807, 2.05) is 6.07 Å². The normalized spacial score (nSPS) is 10.7. The molecule has 196 valence electrons. The molecule has 4 aromatic rings. The van der Waals surface area contributed by atoms with Crippen LogP contribution in [0.2, 0.25) is 4.34 Å². The fourth-order valence-corrected chi connectivity index (χ4v) is 4.89. The molecule has 38 heavy (non-hydrogen) atoms. The van der Waals surface area contributed by atoms with Crippen LogP contribution in [0.4, 0.5) is 5.82 Å². The third-order valence-corrected chi connectivity index (χ3v) is 6.96. The van der Waals surface area contributed by atoms with E-state index in [2.05, 4.69) is 19.5 Å². The molecular weight excluding hydrogens is 558 g/mol. The van der Waals surface area contributed by atoms with Gasteiger partial charge in [-0.05, 0) is 29.7 Å². The Morgan fingerprint density at radius 3 is 2.53 bits per heavy atom. The highest BCUT2D eigenvalue weighted by Crippen LogP contribution is 2.27. The van der Waals surface area contributed by atoms with E-state index in [0.29, 0.717) is 10.9 Å². The molecule has 4 heterocycles. The van der Waals surface area contributed by atoms with Gasteiger partial charge in [0.05, 0.1) is 42.9 Å². The van der Waals surface area contributed by atoms with Gasteiger partial charge in [0.1, 0.15) is 11.5 Å². The quantitative estimate of drug-likeness (QED) is 0.233. The second-order valence-electron chi connectivity index (χ2n) is 7.55. The number of hydrogen-bond acceptors (Lipinski definition) is 12. The van der Waals surface area contributed by atoms with Gasteiger partial charge in [0.25, 0.3) is 17.2 Å². The fraction of sp³-hybridized carbons (Fsp3) is 0.174. The number of methoxy groups -OCH3 is 2. The molecule has 15 heteroatoms. The van der Waals surface area contributed by atoms with E-state index in [1.54, 1.807) is 11.4 Å². The Kier molecular flexibility index (Phi) is 8.14. The molecule has 0 amide bonds. The van der Waals surface area contributed by atoms with Crippen LogP contribution in [-0.4, -0.2) is 56.6 Å². The molecule has 0 aromatic carbocycles. The Morgan fingerprint density at radius 2 is 1.89 bits per heavy atom. The molecule has 0 radical (unpaired) electrons. The Bertz CT molecular complexity index is 1590. The first-order valence-electron chi connectivity index (χ1n) is 10.7. The smallest absolute Gasteiger partial charge is 0.376 e. The lowest BCUT2D eigenvalue weighted by Crippen LogP contribution is -2.29. The molecule has 0 bridgehead atoms. The van der Waals surface area contributed by atoms with Gasteiger partial charge in [-0.25, -0.2) is 9.59 Å². The van der Waals surface area contributed by atoms with E-state index in [9.17, 15) is 24.0 Å². The van der Waals surface area contributed by atoms with Crippen molar-refractivity contribution in [1.29, 1.82) is 0 Å². The maximum absolute atomic E-state index is 13.1. The average molecular weight is 576 g/mol. The highest BCUT2D eigenvalue weighted by atomic mass is 35.5. The van der Waals surface area contributed by atoms with Crippen molar-refractivity contribution in [3.8, 4) is 11.3 Å². The summed E-state index contributed by atoms with van der Waals surface area (Å²) in [4.78, 5) is 63.0. The van der Waals surface area contributed by atoms with Crippen molar-refractivity contribution in [2.24, 2.45) is 0 Å². The number of halogens is 1. The summed E-state index contributed by atoms with van der Waals surface area (Å²) < 4.78 is 15.9. The lowest BCUT2D eigenvalue weighted by atomic mass is 10.1. The monoisotopic (exact) mass is 575 g/mol. The molecule has 12 nitrogen and oxygen atoms in total.